The Balaban J connectivity index is 2.33. The lowest BCUT2D eigenvalue weighted by atomic mass is 10.1. The Morgan fingerprint density at radius 3 is 2.84 bits per heavy atom. The molecule has 0 spiro atoms. The maximum absolute atomic E-state index is 5.42. The molecule has 94 valence electrons. The van der Waals surface area contributed by atoms with Crippen LogP contribution in [0.2, 0.25) is 0 Å². The standard InChI is InChI=1S/C15H12N2S2/c1-2-17-10-7-8-12-13(14(10)16-15(17)18)9-5-3-4-6-11(9)19-12/h3-8H,2H2,1H3,(H,16,18). The van der Waals surface area contributed by atoms with E-state index >= 15 is 0 Å². The van der Waals surface area contributed by atoms with E-state index in [1.165, 1.54) is 31.2 Å². The lowest BCUT2D eigenvalue weighted by Gasteiger charge is -1.99. The summed E-state index contributed by atoms with van der Waals surface area (Å²) in [5, 5.41) is 2.61. The highest BCUT2D eigenvalue weighted by Gasteiger charge is 2.11. The molecule has 0 aliphatic carbocycles. The molecule has 2 nitrogen and oxygen atoms in total. The van der Waals surface area contributed by atoms with Gasteiger partial charge in [0.25, 0.3) is 0 Å². The van der Waals surface area contributed by atoms with Crippen molar-refractivity contribution in [2.75, 3.05) is 0 Å². The highest BCUT2D eigenvalue weighted by atomic mass is 32.1. The number of imidazole rings is 1. The molecule has 0 fully saturated rings. The van der Waals surface area contributed by atoms with Crippen LogP contribution in [0.25, 0.3) is 31.2 Å². The van der Waals surface area contributed by atoms with Gasteiger partial charge in [0.15, 0.2) is 4.77 Å². The summed E-state index contributed by atoms with van der Waals surface area (Å²) < 4.78 is 5.60. The number of thiophene rings is 1. The van der Waals surface area contributed by atoms with Crippen molar-refractivity contribution in [3.63, 3.8) is 0 Å². The zero-order chi connectivity index (χ0) is 13.0. The fourth-order valence-electron chi connectivity index (χ4n) is 2.75. The van der Waals surface area contributed by atoms with E-state index in [1.54, 1.807) is 0 Å². The summed E-state index contributed by atoms with van der Waals surface area (Å²) >= 11 is 7.26. The molecule has 19 heavy (non-hydrogen) atoms. The average Bonchev–Trinajstić information content (AvgIpc) is 2.94. The van der Waals surface area contributed by atoms with Gasteiger partial charge in [-0.25, -0.2) is 0 Å². The normalized spacial score (nSPS) is 11.8. The molecule has 0 bridgehead atoms. The Morgan fingerprint density at radius 2 is 2.00 bits per heavy atom. The molecule has 1 N–H and O–H groups in total. The minimum absolute atomic E-state index is 0.806. The van der Waals surface area contributed by atoms with Crippen molar-refractivity contribution < 1.29 is 0 Å². The number of nitrogens with zero attached hydrogens (tertiary/aromatic N) is 1. The summed E-state index contributed by atoms with van der Waals surface area (Å²) in [5.74, 6) is 0. The molecule has 0 aliphatic rings. The molecule has 0 saturated carbocycles. The van der Waals surface area contributed by atoms with E-state index in [9.17, 15) is 0 Å². The van der Waals surface area contributed by atoms with Gasteiger partial charge in [0, 0.05) is 26.7 Å². The second kappa shape index (κ2) is 3.92. The number of aromatic amines is 1. The summed E-state index contributed by atoms with van der Waals surface area (Å²) in [5.41, 5.74) is 2.37. The molecule has 4 heteroatoms. The Kier molecular flexibility index (Phi) is 2.31. The van der Waals surface area contributed by atoms with Gasteiger partial charge in [-0.3, -0.25) is 0 Å². The van der Waals surface area contributed by atoms with Gasteiger partial charge in [-0.15, -0.1) is 11.3 Å². The van der Waals surface area contributed by atoms with Crippen LogP contribution in [0.5, 0.6) is 0 Å². The highest BCUT2D eigenvalue weighted by molar-refractivity contribution is 7.71. The van der Waals surface area contributed by atoms with Gasteiger partial charge in [-0.05, 0) is 37.3 Å². The van der Waals surface area contributed by atoms with Gasteiger partial charge in [0.1, 0.15) is 0 Å². The molecular formula is C15H12N2S2. The molecule has 0 amide bonds. The maximum Gasteiger partial charge on any atom is 0.178 e. The first-order valence-electron chi connectivity index (χ1n) is 6.32. The van der Waals surface area contributed by atoms with Crippen LogP contribution in [-0.2, 0) is 6.54 Å². The van der Waals surface area contributed by atoms with Gasteiger partial charge in [-0.2, -0.15) is 0 Å². The fraction of sp³-hybridized carbons (Fsp3) is 0.133. The third-order valence-electron chi connectivity index (χ3n) is 3.61. The van der Waals surface area contributed by atoms with Crippen molar-refractivity contribution in [1.82, 2.24) is 9.55 Å². The maximum atomic E-state index is 5.42. The van der Waals surface area contributed by atoms with Crippen LogP contribution in [0.3, 0.4) is 0 Å². The molecule has 0 saturated heterocycles. The van der Waals surface area contributed by atoms with Gasteiger partial charge in [0.05, 0.1) is 11.0 Å². The van der Waals surface area contributed by atoms with Crippen LogP contribution in [0, 0.1) is 4.77 Å². The first kappa shape index (κ1) is 11.2. The highest BCUT2D eigenvalue weighted by Crippen LogP contribution is 2.37. The quantitative estimate of drug-likeness (QED) is 0.483. The molecule has 0 unspecified atom stereocenters. The molecule has 2 aromatic carbocycles. The van der Waals surface area contributed by atoms with E-state index in [4.69, 9.17) is 12.2 Å². The number of nitrogens with one attached hydrogen (secondary N) is 1. The Labute approximate surface area is 119 Å². The number of fused-ring (bicyclic) bond motifs is 5. The van der Waals surface area contributed by atoms with Crippen molar-refractivity contribution in [1.29, 1.82) is 0 Å². The molecule has 0 aliphatic heterocycles. The summed E-state index contributed by atoms with van der Waals surface area (Å²) in [6.45, 7) is 3.02. The van der Waals surface area contributed by atoms with E-state index < -0.39 is 0 Å². The Morgan fingerprint density at radius 1 is 1.16 bits per heavy atom. The number of hydrogen-bond acceptors (Lipinski definition) is 2. The van der Waals surface area contributed by atoms with Crippen molar-refractivity contribution in [3.05, 3.63) is 41.2 Å². The van der Waals surface area contributed by atoms with E-state index in [0.717, 1.165) is 11.3 Å². The smallest absolute Gasteiger partial charge is 0.178 e. The van der Waals surface area contributed by atoms with Crippen LogP contribution >= 0.6 is 23.6 Å². The minimum Gasteiger partial charge on any atom is -0.330 e. The summed E-state index contributed by atoms with van der Waals surface area (Å²) in [6, 6.07) is 12.9. The third-order valence-corrected chi connectivity index (χ3v) is 5.06. The molecular weight excluding hydrogens is 272 g/mol. The molecule has 0 radical (unpaired) electrons. The monoisotopic (exact) mass is 284 g/mol. The van der Waals surface area contributed by atoms with E-state index in [2.05, 4.69) is 52.9 Å². The van der Waals surface area contributed by atoms with Crippen LogP contribution in [0.4, 0.5) is 0 Å². The summed E-state index contributed by atoms with van der Waals surface area (Å²) in [7, 11) is 0. The first-order chi connectivity index (χ1) is 9.29. The molecule has 2 heterocycles. The van der Waals surface area contributed by atoms with Crippen molar-refractivity contribution in [3.8, 4) is 0 Å². The first-order valence-corrected chi connectivity index (χ1v) is 7.55. The average molecular weight is 284 g/mol. The second-order valence-electron chi connectivity index (χ2n) is 4.61. The number of rotatable bonds is 1. The minimum atomic E-state index is 0.806. The molecule has 0 atom stereocenters. The van der Waals surface area contributed by atoms with E-state index in [0.29, 0.717) is 0 Å². The van der Waals surface area contributed by atoms with E-state index in [-0.39, 0.29) is 0 Å². The van der Waals surface area contributed by atoms with Gasteiger partial charge in [0.2, 0.25) is 0 Å². The van der Waals surface area contributed by atoms with Crippen molar-refractivity contribution >= 4 is 54.8 Å². The summed E-state index contributed by atoms with van der Waals surface area (Å²) in [6.07, 6.45) is 0. The lowest BCUT2D eigenvalue weighted by Crippen LogP contribution is -1.92. The van der Waals surface area contributed by atoms with E-state index in [1.807, 2.05) is 11.3 Å². The van der Waals surface area contributed by atoms with Gasteiger partial charge >= 0.3 is 0 Å². The van der Waals surface area contributed by atoms with Crippen molar-refractivity contribution in [2.45, 2.75) is 13.5 Å². The SMILES string of the molecule is CCn1c(=S)[nH]c2c3c(ccc21)sc1ccccc13. The topological polar surface area (TPSA) is 20.7 Å². The van der Waals surface area contributed by atoms with Crippen LogP contribution in [0.15, 0.2) is 36.4 Å². The number of benzene rings is 2. The third kappa shape index (κ3) is 1.44. The molecule has 2 aromatic heterocycles. The largest absolute Gasteiger partial charge is 0.330 e. The van der Waals surface area contributed by atoms with Crippen molar-refractivity contribution in [2.24, 2.45) is 0 Å². The fourth-order valence-corrected chi connectivity index (χ4v) is 4.20. The molecule has 4 aromatic rings. The second-order valence-corrected chi connectivity index (χ2v) is 6.08. The zero-order valence-electron chi connectivity index (χ0n) is 10.4. The summed E-state index contributed by atoms with van der Waals surface area (Å²) in [4.78, 5) is 3.38. The number of aryl methyl sites for hydroxylation is 1. The molecule has 4 rings (SSSR count). The Bertz CT molecular complexity index is 972. The predicted octanol–water partition coefficient (Wildman–Crippen LogP) is 5.09. The number of hydrogen-bond donors (Lipinski definition) is 1. The lowest BCUT2D eigenvalue weighted by molar-refractivity contribution is 0.774. The number of H-pyrrole nitrogens is 1. The van der Waals surface area contributed by atoms with Crippen LogP contribution < -0.4 is 0 Å². The predicted molar refractivity (Wildman–Crippen MR) is 85.7 cm³/mol. The van der Waals surface area contributed by atoms with Gasteiger partial charge < -0.3 is 9.55 Å². The Hall–Kier alpha value is -1.65. The van der Waals surface area contributed by atoms with Gasteiger partial charge in [-0.1, -0.05) is 18.2 Å². The zero-order valence-corrected chi connectivity index (χ0v) is 12.1. The van der Waals surface area contributed by atoms with Crippen LogP contribution in [0.1, 0.15) is 6.92 Å². The van der Waals surface area contributed by atoms with Crippen LogP contribution in [-0.4, -0.2) is 9.55 Å². The number of aromatic nitrogens is 2.